The lowest BCUT2D eigenvalue weighted by molar-refractivity contribution is -0.130. The van der Waals surface area contributed by atoms with Crippen molar-refractivity contribution in [3.05, 3.63) is 33.9 Å². The van der Waals surface area contributed by atoms with E-state index in [1.807, 2.05) is 16.5 Å². The van der Waals surface area contributed by atoms with Gasteiger partial charge in [0, 0.05) is 26.2 Å². The van der Waals surface area contributed by atoms with Crippen molar-refractivity contribution in [1.82, 2.24) is 29.6 Å². The van der Waals surface area contributed by atoms with Gasteiger partial charge in [0.15, 0.2) is 5.52 Å². The Morgan fingerprint density at radius 1 is 1.29 bits per heavy atom. The van der Waals surface area contributed by atoms with Crippen LogP contribution in [0, 0.1) is 0 Å². The highest BCUT2D eigenvalue weighted by Gasteiger charge is 2.27. The van der Waals surface area contributed by atoms with Crippen molar-refractivity contribution in [2.45, 2.75) is 71.9 Å². The lowest BCUT2D eigenvalue weighted by atomic mass is 10.0. The lowest BCUT2D eigenvalue weighted by Crippen LogP contribution is -2.38. The number of piperidine rings is 1. The maximum absolute atomic E-state index is 13.1. The van der Waals surface area contributed by atoms with Crippen LogP contribution in [-0.2, 0) is 11.2 Å². The minimum atomic E-state index is -0.726. The fraction of sp³-hybridized carbons (Fsp3) is 0.560. The van der Waals surface area contributed by atoms with Gasteiger partial charge in [-0.15, -0.1) is 0 Å². The molecule has 188 valence electrons. The average molecular weight is 483 g/mol. The predicted octanol–water partition coefficient (Wildman–Crippen LogP) is 3.16. The molecule has 4 rings (SSSR count). The van der Waals surface area contributed by atoms with Gasteiger partial charge < -0.3 is 19.7 Å². The maximum atomic E-state index is 13.1. The molecule has 1 fully saturated rings. The summed E-state index contributed by atoms with van der Waals surface area (Å²) < 4.78 is 7.83. The molecule has 2 N–H and O–H groups in total. The van der Waals surface area contributed by atoms with Crippen molar-refractivity contribution < 1.29 is 14.6 Å². The van der Waals surface area contributed by atoms with Crippen LogP contribution in [0.25, 0.3) is 22.4 Å². The van der Waals surface area contributed by atoms with E-state index in [4.69, 9.17) is 9.72 Å². The number of hydrogen-bond donors (Lipinski definition) is 2. The molecule has 1 aliphatic heterocycles. The SMILES string of the molecule is CCCCOc1ncc(C(C)O)cc1-c1nc2c(CC)n(C3CCN(C(C)=O)CC3)nc2c(=O)[nH]1. The molecular formula is C25H34N6O4. The van der Waals surface area contributed by atoms with Gasteiger partial charge in [-0.1, -0.05) is 20.3 Å². The van der Waals surface area contributed by atoms with Crippen LogP contribution in [0.5, 0.6) is 5.88 Å². The van der Waals surface area contributed by atoms with Crippen LogP contribution >= 0.6 is 0 Å². The Morgan fingerprint density at radius 3 is 2.66 bits per heavy atom. The van der Waals surface area contributed by atoms with Crippen molar-refractivity contribution in [3.8, 4) is 17.3 Å². The fourth-order valence-electron chi connectivity index (χ4n) is 4.52. The monoisotopic (exact) mass is 482 g/mol. The van der Waals surface area contributed by atoms with Gasteiger partial charge in [0.2, 0.25) is 11.8 Å². The molecule has 1 amide bonds. The summed E-state index contributed by atoms with van der Waals surface area (Å²) in [5.41, 5.74) is 2.55. The normalized spacial score (nSPS) is 15.5. The molecule has 35 heavy (non-hydrogen) atoms. The Labute approximate surface area is 204 Å². The second-order valence-corrected chi connectivity index (χ2v) is 9.09. The molecule has 1 aliphatic rings. The van der Waals surface area contributed by atoms with Crippen LogP contribution in [-0.4, -0.2) is 60.3 Å². The number of nitrogens with one attached hydrogen (secondary N) is 1. The van der Waals surface area contributed by atoms with Crippen LogP contribution in [0.4, 0.5) is 0 Å². The maximum Gasteiger partial charge on any atom is 0.279 e. The molecule has 3 aromatic rings. The molecule has 10 nitrogen and oxygen atoms in total. The Bertz CT molecular complexity index is 1260. The molecule has 0 saturated carbocycles. The summed E-state index contributed by atoms with van der Waals surface area (Å²) in [5, 5.41) is 14.8. The van der Waals surface area contributed by atoms with Gasteiger partial charge >= 0.3 is 0 Å². The van der Waals surface area contributed by atoms with Crippen molar-refractivity contribution >= 4 is 16.9 Å². The number of carbonyl (C=O) groups is 1. The number of fused-ring (bicyclic) bond motifs is 1. The Hall–Kier alpha value is -3.27. The molecule has 0 bridgehead atoms. The van der Waals surface area contributed by atoms with Crippen LogP contribution in [0.3, 0.4) is 0 Å². The number of unbranched alkanes of at least 4 members (excludes halogenated alkanes) is 1. The van der Waals surface area contributed by atoms with Gasteiger partial charge in [-0.3, -0.25) is 14.3 Å². The van der Waals surface area contributed by atoms with E-state index in [-0.39, 0.29) is 17.5 Å². The highest BCUT2D eigenvalue weighted by Crippen LogP contribution is 2.31. The van der Waals surface area contributed by atoms with Gasteiger partial charge in [-0.25, -0.2) is 9.97 Å². The number of aryl methyl sites for hydroxylation is 1. The zero-order valence-electron chi connectivity index (χ0n) is 20.9. The third-order valence-electron chi connectivity index (χ3n) is 6.59. The number of pyridine rings is 1. The smallest absolute Gasteiger partial charge is 0.279 e. The van der Waals surface area contributed by atoms with Gasteiger partial charge in [0.1, 0.15) is 11.3 Å². The number of aromatic amines is 1. The van der Waals surface area contributed by atoms with Gasteiger partial charge in [0.25, 0.3) is 5.56 Å². The van der Waals surface area contributed by atoms with E-state index in [0.717, 1.165) is 31.4 Å². The van der Waals surface area contributed by atoms with Gasteiger partial charge in [-0.05, 0) is 44.2 Å². The number of hydrogen-bond acceptors (Lipinski definition) is 7. The zero-order chi connectivity index (χ0) is 25.1. The molecule has 1 atom stereocenters. The van der Waals surface area contributed by atoms with E-state index < -0.39 is 6.10 Å². The molecule has 10 heteroatoms. The Morgan fingerprint density at radius 2 is 2.03 bits per heavy atom. The summed E-state index contributed by atoms with van der Waals surface area (Å²) in [7, 11) is 0. The topological polar surface area (TPSA) is 126 Å². The minimum Gasteiger partial charge on any atom is -0.477 e. The third-order valence-corrected chi connectivity index (χ3v) is 6.59. The van der Waals surface area contributed by atoms with Crippen LogP contribution in [0.1, 0.15) is 76.8 Å². The molecule has 3 aromatic heterocycles. The summed E-state index contributed by atoms with van der Waals surface area (Å²) in [6.07, 6.45) is 4.92. The molecule has 0 spiro atoms. The first-order valence-electron chi connectivity index (χ1n) is 12.4. The number of H-pyrrole nitrogens is 1. The predicted molar refractivity (Wildman–Crippen MR) is 132 cm³/mol. The Kier molecular flexibility index (Phi) is 7.49. The second kappa shape index (κ2) is 10.6. The van der Waals surface area contributed by atoms with E-state index in [1.165, 1.54) is 0 Å². The summed E-state index contributed by atoms with van der Waals surface area (Å²) in [6, 6.07) is 1.86. The molecule has 0 radical (unpaired) electrons. The minimum absolute atomic E-state index is 0.0811. The second-order valence-electron chi connectivity index (χ2n) is 9.09. The standard InChI is InChI=1S/C25H34N6O4/c1-5-7-12-35-25-19(13-17(14-26-25)15(3)32)23-27-21-20(6-2)31(29-22(21)24(34)28-23)18-8-10-30(11-9-18)16(4)33/h13-15,18,32H,5-12H2,1-4H3,(H,27,28,34). The first-order valence-corrected chi connectivity index (χ1v) is 12.4. The number of aliphatic hydroxyl groups is 1. The van der Waals surface area contributed by atoms with Gasteiger partial charge in [0.05, 0.1) is 30.0 Å². The fourth-order valence-corrected chi connectivity index (χ4v) is 4.52. The number of ether oxygens (including phenoxy) is 1. The molecule has 1 saturated heterocycles. The summed E-state index contributed by atoms with van der Waals surface area (Å²) in [4.78, 5) is 38.8. The van der Waals surface area contributed by atoms with Crippen molar-refractivity contribution in [3.63, 3.8) is 0 Å². The molecule has 0 aromatic carbocycles. The van der Waals surface area contributed by atoms with E-state index in [9.17, 15) is 14.7 Å². The van der Waals surface area contributed by atoms with Gasteiger partial charge in [-0.2, -0.15) is 5.10 Å². The number of amides is 1. The molecule has 1 unspecified atom stereocenters. The highest BCUT2D eigenvalue weighted by molar-refractivity contribution is 5.79. The highest BCUT2D eigenvalue weighted by atomic mass is 16.5. The number of aliphatic hydroxyl groups excluding tert-OH is 1. The molecule has 0 aliphatic carbocycles. The molecular weight excluding hydrogens is 448 g/mol. The number of aromatic nitrogens is 5. The number of nitrogens with zero attached hydrogens (tertiary/aromatic N) is 5. The quantitative estimate of drug-likeness (QED) is 0.472. The van der Waals surface area contributed by atoms with E-state index in [1.54, 1.807) is 26.1 Å². The summed E-state index contributed by atoms with van der Waals surface area (Å²) in [5.74, 6) is 0.787. The van der Waals surface area contributed by atoms with Crippen molar-refractivity contribution in [2.75, 3.05) is 19.7 Å². The lowest BCUT2D eigenvalue weighted by Gasteiger charge is -2.32. The first-order chi connectivity index (χ1) is 16.8. The van der Waals surface area contributed by atoms with Crippen LogP contribution < -0.4 is 10.3 Å². The summed E-state index contributed by atoms with van der Waals surface area (Å²) >= 11 is 0. The number of carbonyl (C=O) groups excluding carboxylic acids is 1. The molecule has 4 heterocycles. The Balaban J connectivity index is 1.77. The average Bonchev–Trinajstić information content (AvgIpc) is 3.23. The third kappa shape index (κ3) is 5.07. The van der Waals surface area contributed by atoms with Crippen molar-refractivity contribution in [2.24, 2.45) is 0 Å². The zero-order valence-corrected chi connectivity index (χ0v) is 20.9. The number of likely N-dealkylation sites (tertiary alicyclic amines) is 1. The van der Waals surface area contributed by atoms with Crippen LogP contribution in [0.15, 0.2) is 17.1 Å². The number of rotatable bonds is 8. The van der Waals surface area contributed by atoms with Crippen LogP contribution in [0.2, 0.25) is 0 Å². The van der Waals surface area contributed by atoms with Crippen molar-refractivity contribution in [1.29, 1.82) is 0 Å². The van der Waals surface area contributed by atoms with E-state index >= 15 is 0 Å². The van der Waals surface area contributed by atoms with E-state index in [2.05, 4.69) is 22.0 Å². The first kappa shape index (κ1) is 24.8. The largest absolute Gasteiger partial charge is 0.477 e. The summed E-state index contributed by atoms with van der Waals surface area (Å²) in [6.45, 7) is 9.19. The van der Waals surface area contributed by atoms with E-state index in [0.29, 0.717) is 60.0 Å².